The number of nitrogens with zero attached hydrogens (tertiary/aromatic N) is 4. The van der Waals surface area contributed by atoms with E-state index >= 15 is 0 Å². The first-order valence-corrected chi connectivity index (χ1v) is 8.49. The zero-order valence-electron chi connectivity index (χ0n) is 15.5. The lowest BCUT2D eigenvalue weighted by Crippen LogP contribution is -2.59. The summed E-state index contributed by atoms with van der Waals surface area (Å²) in [6.07, 6.45) is 4.08. The zero-order chi connectivity index (χ0) is 17.6. The molecule has 6 heteroatoms. The van der Waals surface area contributed by atoms with E-state index in [4.69, 9.17) is 0 Å². The quantitative estimate of drug-likeness (QED) is 0.890. The number of hydroxylamine groups is 2. The van der Waals surface area contributed by atoms with Gasteiger partial charge in [0.15, 0.2) is 0 Å². The molecule has 1 unspecified atom stereocenters. The summed E-state index contributed by atoms with van der Waals surface area (Å²) in [4.78, 5) is 0. The minimum absolute atomic E-state index is 0.152. The van der Waals surface area contributed by atoms with Crippen molar-refractivity contribution in [1.82, 2.24) is 20.1 Å². The molecule has 2 N–H and O–H groups in total. The van der Waals surface area contributed by atoms with Gasteiger partial charge in [-0.05, 0) is 59.8 Å². The van der Waals surface area contributed by atoms with E-state index in [0.29, 0.717) is 18.0 Å². The van der Waals surface area contributed by atoms with Gasteiger partial charge in [-0.1, -0.05) is 19.1 Å². The summed E-state index contributed by atoms with van der Waals surface area (Å²) in [5.74, 6) is 0.380. The van der Waals surface area contributed by atoms with Gasteiger partial charge in [0.25, 0.3) is 0 Å². The monoisotopic (exact) mass is 324 g/mol. The Hall–Kier alpha value is -0.980. The van der Waals surface area contributed by atoms with Crippen molar-refractivity contribution in [2.45, 2.75) is 90.4 Å². The van der Waals surface area contributed by atoms with Crippen LogP contribution in [0.25, 0.3) is 0 Å². The fourth-order valence-corrected chi connectivity index (χ4v) is 4.01. The Balaban J connectivity index is 2.24. The maximum absolute atomic E-state index is 10.7. The molecule has 1 saturated heterocycles. The molecule has 1 aliphatic rings. The molecule has 1 aromatic heterocycles. The normalized spacial score (nSPS) is 24.8. The number of aliphatic hydroxyl groups is 1. The van der Waals surface area contributed by atoms with Gasteiger partial charge in [-0.25, -0.2) is 4.68 Å². The summed E-state index contributed by atoms with van der Waals surface area (Å²) in [7, 11) is 0. The summed E-state index contributed by atoms with van der Waals surface area (Å²) in [5.41, 5.74) is -1.01. The number of aromatic nitrogens is 3. The van der Waals surface area contributed by atoms with Crippen LogP contribution in [-0.4, -0.2) is 41.4 Å². The van der Waals surface area contributed by atoms with Crippen molar-refractivity contribution in [2.24, 2.45) is 5.92 Å². The molecule has 0 radical (unpaired) electrons. The lowest BCUT2D eigenvalue weighted by molar-refractivity contribution is -0.249. The van der Waals surface area contributed by atoms with E-state index in [2.05, 4.69) is 24.2 Å². The summed E-state index contributed by atoms with van der Waals surface area (Å²) >= 11 is 0. The van der Waals surface area contributed by atoms with Crippen molar-refractivity contribution >= 4 is 0 Å². The molecule has 2 rings (SSSR count). The van der Waals surface area contributed by atoms with Crippen LogP contribution in [0.1, 0.15) is 79.5 Å². The van der Waals surface area contributed by atoms with Crippen molar-refractivity contribution < 1.29 is 10.3 Å². The third kappa shape index (κ3) is 3.75. The van der Waals surface area contributed by atoms with Gasteiger partial charge in [0, 0.05) is 11.1 Å². The largest absolute Gasteiger partial charge is 0.384 e. The maximum Gasteiger partial charge on any atom is 0.114 e. The van der Waals surface area contributed by atoms with Gasteiger partial charge in [0.2, 0.25) is 0 Å². The van der Waals surface area contributed by atoms with Crippen LogP contribution in [0.15, 0.2) is 6.20 Å². The molecule has 23 heavy (non-hydrogen) atoms. The van der Waals surface area contributed by atoms with E-state index in [1.165, 1.54) is 5.06 Å². The van der Waals surface area contributed by atoms with Crippen molar-refractivity contribution in [3.63, 3.8) is 0 Å². The molecule has 0 aromatic carbocycles. The molecule has 1 fully saturated rings. The first kappa shape index (κ1) is 18.4. The van der Waals surface area contributed by atoms with Crippen molar-refractivity contribution in [1.29, 1.82) is 0 Å². The number of hydrogen-bond donors (Lipinski definition) is 2. The smallest absolute Gasteiger partial charge is 0.114 e. The highest BCUT2D eigenvalue weighted by Crippen LogP contribution is 2.42. The van der Waals surface area contributed by atoms with E-state index in [-0.39, 0.29) is 17.1 Å². The van der Waals surface area contributed by atoms with Crippen LogP contribution in [0.5, 0.6) is 0 Å². The molecule has 2 heterocycles. The average Bonchev–Trinajstić information content (AvgIpc) is 2.83. The molecule has 0 aliphatic carbocycles. The van der Waals surface area contributed by atoms with Crippen molar-refractivity contribution in [3.05, 3.63) is 11.9 Å². The van der Waals surface area contributed by atoms with E-state index in [1.54, 1.807) is 6.92 Å². The fourth-order valence-electron chi connectivity index (χ4n) is 4.01. The molecular formula is C17H32N4O2. The molecule has 1 atom stereocenters. The lowest BCUT2D eigenvalue weighted by atomic mass is 9.79. The summed E-state index contributed by atoms with van der Waals surface area (Å²) in [6.45, 7) is 14.1. The molecule has 6 nitrogen and oxygen atoms in total. The van der Waals surface area contributed by atoms with Crippen LogP contribution < -0.4 is 0 Å². The summed E-state index contributed by atoms with van der Waals surface area (Å²) in [6, 6.07) is 0.152. The second-order valence-electron chi connectivity index (χ2n) is 8.95. The molecule has 0 spiro atoms. The Labute approximate surface area is 139 Å². The van der Waals surface area contributed by atoms with E-state index in [1.807, 2.05) is 38.6 Å². The van der Waals surface area contributed by atoms with Crippen molar-refractivity contribution in [3.8, 4) is 0 Å². The van der Waals surface area contributed by atoms with Gasteiger partial charge in [-0.2, -0.15) is 5.06 Å². The average molecular weight is 324 g/mol. The molecule has 0 bridgehead atoms. The standard InChI is InChI=1S/C17H32N4O2/c1-12(2)8-17(7,22)14-11-20(19-18-14)13-9-15(3,4)21(23)16(5,6)10-13/h11-13,22-23H,8-10H2,1-7H3. The molecule has 1 aliphatic heterocycles. The first-order valence-electron chi connectivity index (χ1n) is 8.49. The van der Waals surface area contributed by atoms with Gasteiger partial charge < -0.3 is 10.3 Å². The van der Waals surface area contributed by atoms with E-state index in [9.17, 15) is 10.3 Å². The highest BCUT2D eigenvalue weighted by molar-refractivity contribution is 5.07. The third-order valence-electron chi connectivity index (χ3n) is 4.86. The van der Waals surface area contributed by atoms with E-state index < -0.39 is 5.60 Å². The van der Waals surface area contributed by atoms with Crippen LogP contribution in [0.3, 0.4) is 0 Å². The third-order valence-corrected chi connectivity index (χ3v) is 4.86. The zero-order valence-corrected chi connectivity index (χ0v) is 15.5. The summed E-state index contributed by atoms with van der Waals surface area (Å²) in [5, 5.41) is 31.0. The SMILES string of the molecule is CC(C)CC(C)(O)c1cn(C2CC(C)(C)N(O)C(C)(C)C2)nn1. The molecule has 1 aromatic rings. The maximum atomic E-state index is 10.7. The second kappa shape index (κ2) is 5.83. The predicted octanol–water partition coefficient (Wildman–Crippen LogP) is 3.12. The van der Waals surface area contributed by atoms with Gasteiger partial charge in [0.05, 0.1) is 12.2 Å². The van der Waals surface area contributed by atoms with Gasteiger partial charge in [-0.3, -0.25) is 0 Å². The van der Waals surface area contributed by atoms with Crippen molar-refractivity contribution in [2.75, 3.05) is 0 Å². The number of hydrogen-bond acceptors (Lipinski definition) is 5. The van der Waals surface area contributed by atoms with E-state index in [0.717, 1.165) is 12.8 Å². The van der Waals surface area contributed by atoms with Gasteiger partial charge in [0.1, 0.15) is 11.3 Å². The van der Waals surface area contributed by atoms with Crippen LogP contribution in [0.4, 0.5) is 0 Å². The fraction of sp³-hybridized carbons (Fsp3) is 0.882. The molecule has 132 valence electrons. The highest BCUT2D eigenvalue weighted by atomic mass is 16.5. The molecule has 0 amide bonds. The topological polar surface area (TPSA) is 74.4 Å². The first-order chi connectivity index (χ1) is 10.3. The Bertz CT molecular complexity index is 531. The lowest BCUT2D eigenvalue weighted by Gasteiger charge is -2.51. The predicted molar refractivity (Wildman–Crippen MR) is 89.1 cm³/mol. The highest BCUT2D eigenvalue weighted by Gasteiger charge is 2.46. The van der Waals surface area contributed by atoms with Crippen LogP contribution in [0, 0.1) is 5.92 Å². The molecule has 0 saturated carbocycles. The minimum atomic E-state index is -0.963. The minimum Gasteiger partial charge on any atom is -0.384 e. The summed E-state index contributed by atoms with van der Waals surface area (Å²) < 4.78 is 1.86. The second-order valence-corrected chi connectivity index (χ2v) is 8.95. The van der Waals surface area contributed by atoms with Crippen LogP contribution >= 0.6 is 0 Å². The van der Waals surface area contributed by atoms with Gasteiger partial charge in [-0.15, -0.1) is 5.10 Å². The Morgan fingerprint density at radius 1 is 1.26 bits per heavy atom. The number of rotatable bonds is 4. The Morgan fingerprint density at radius 2 is 1.78 bits per heavy atom. The van der Waals surface area contributed by atoms with Gasteiger partial charge >= 0.3 is 0 Å². The van der Waals surface area contributed by atoms with Crippen LogP contribution in [-0.2, 0) is 5.60 Å². The molecular weight excluding hydrogens is 292 g/mol. The Kier molecular flexibility index (Phi) is 4.65. The number of piperidine rings is 1. The Morgan fingerprint density at radius 3 is 2.26 bits per heavy atom. The van der Waals surface area contributed by atoms with Crippen LogP contribution in [0.2, 0.25) is 0 Å².